The van der Waals surface area contributed by atoms with Crippen LogP contribution in [0, 0.1) is 0 Å². The highest BCUT2D eigenvalue weighted by Crippen LogP contribution is 2.49. The lowest BCUT2D eigenvalue weighted by Gasteiger charge is -2.20. The van der Waals surface area contributed by atoms with Gasteiger partial charge >= 0.3 is 6.18 Å². The smallest absolute Gasteiger partial charge is 0.313 e. The van der Waals surface area contributed by atoms with Gasteiger partial charge in [0.15, 0.2) is 5.03 Å². The molecule has 2 rings (SSSR count). The Balaban J connectivity index is 2.22. The van der Waals surface area contributed by atoms with Gasteiger partial charge < -0.3 is 5.32 Å². The molecule has 1 aliphatic carbocycles. The third kappa shape index (κ3) is 2.81. The first-order valence-electron chi connectivity index (χ1n) is 6.05. The zero-order valence-corrected chi connectivity index (χ0v) is 11.5. The predicted molar refractivity (Wildman–Crippen MR) is 64.3 cm³/mol. The molecule has 1 aliphatic rings. The molecule has 114 valence electrons. The lowest BCUT2D eigenvalue weighted by molar-refractivity contribution is -0.160. The van der Waals surface area contributed by atoms with Crippen LogP contribution in [0.15, 0.2) is 11.2 Å². The maximum Gasteiger partial charge on any atom is 0.407 e. The molecule has 1 aromatic heterocycles. The fourth-order valence-corrected chi connectivity index (χ4v) is 3.37. The number of rotatable bonds is 6. The van der Waals surface area contributed by atoms with Crippen molar-refractivity contribution in [3.8, 4) is 0 Å². The van der Waals surface area contributed by atoms with Gasteiger partial charge in [-0.3, -0.25) is 5.10 Å². The fraction of sp³-hybridized carbons (Fsp3) is 0.700. The summed E-state index contributed by atoms with van der Waals surface area (Å²) in [5.74, 6) is 0. The van der Waals surface area contributed by atoms with Crippen LogP contribution in [0.2, 0.25) is 0 Å². The van der Waals surface area contributed by atoms with Gasteiger partial charge in [-0.25, -0.2) is 8.42 Å². The number of hydrogen-bond donors (Lipinski definition) is 3. The second-order valence-corrected chi connectivity index (χ2v) is 6.31. The summed E-state index contributed by atoms with van der Waals surface area (Å²) in [5.41, 5.74) is -2.02. The number of nitrogens with one attached hydrogen (secondary N) is 3. The summed E-state index contributed by atoms with van der Waals surface area (Å²) in [4.78, 5) is 0. The van der Waals surface area contributed by atoms with E-state index < -0.39 is 21.7 Å². The van der Waals surface area contributed by atoms with Gasteiger partial charge in [0, 0.05) is 12.1 Å². The minimum atomic E-state index is -4.60. The number of hydrogen-bond acceptors (Lipinski definition) is 4. The van der Waals surface area contributed by atoms with Crippen molar-refractivity contribution in [2.24, 2.45) is 0 Å². The maximum absolute atomic E-state index is 12.8. The van der Waals surface area contributed by atoms with Crippen molar-refractivity contribution in [1.29, 1.82) is 0 Å². The van der Waals surface area contributed by atoms with Crippen LogP contribution in [-0.4, -0.2) is 36.9 Å². The van der Waals surface area contributed by atoms with E-state index in [1.54, 1.807) is 4.72 Å². The van der Waals surface area contributed by atoms with Crippen molar-refractivity contribution < 1.29 is 21.6 Å². The van der Waals surface area contributed by atoms with Crippen LogP contribution in [0.4, 0.5) is 13.2 Å². The Bertz CT molecular complexity index is 578. The topological polar surface area (TPSA) is 86.9 Å². The highest BCUT2D eigenvalue weighted by Gasteiger charge is 2.65. The van der Waals surface area contributed by atoms with Gasteiger partial charge in [-0.1, -0.05) is 6.92 Å². The molecule has 0 spiro atoms. The number of aromatic amines is 1. The predicted octanol–water partition coefficient (Wildman–Crippen LogP) is 0.892. The van der Waals surface area contributed by atoms with Gasteiger partial charge in [-0.2, -0.15) is 23.0 Å². The molecular weight excluding hydrogens is 297 g/mol. The van der Waals surface area contributed by atoms with Gasteiger partial charge in [-0.05, 0) is 19.4 Å². The molecule has 0 saturated heterocycles. The SMILES string of the molecule is CCNCc1cn[nH]c1S(=O)(=O)NC1(C(F)(F)F)CC1. The molecular formula is C10H15F3N4O2S. The van der Waals surface area contributed by atoms with E-state index in [2.05, 4.69) is 15.5 Å². The quantitative estimate of drug-likeness (QED) is 0.728. The van der Waals surface area contributed by atoms with Crippen LogP contribution in [0.3, 0.4) is 0 Å². The third-order valence-electron chi connectivity index (χ3n) is 3.13. The Kier molecular flexibility index (Phi) is 3.82. The Morgan fingerprint density at radius 2 is 2.10 bits per heavy atom. The lowest BCUT2D eigenvalue weighted by Crippen LogP contribution is -2.48. The van der Waals surface area contributed by atoms with Crippen molar-refractivity contribution in [2.45, 2.75) is 43.1 Å². The van der Waals surface area contributed by atoms with Crippen molar-refractivity contribution in [3.05, 3.63) is 11.8 Å². The first-order valence-corrected chi connectivity index (χ1v) is 7.54. The van der Waals surface area contributed by atoms with Gasteiger partial charge in [0.1, 0.15) is 5.54 Å². The van der Waals surface area contributed by atoms with Crippen LogP contribution < -0.4 is 10.0 Å². The average Bonchev–Trinajstić information content (AvgIpc) is 2.94. The van der Waals surface area contributed by atoms with E-state index in [-0.39, 0.29) is 24.4 Å². The molecule has 0 bridgehead atoms. The molecule has 0 aliphatic heterocycles. The first-order chi connectivity index (χ1) is 9.22. The summed E-state index contributed by atoms with van der Waals surface area (Å²) in [5, 5.41) is 8.41. The number of nitrogens with zero attached hydrogens (tertiary/aromatic N) is 1. The molecule has 6 nitrogen and oxygen atoms in total. The van der Waals surface area contributed by atoms with Crippen molar-refractivity contribution in [3.63, 3.8) is 0 Å². The second-order valence-electron chi connectivity index (χ2n) is 4.69. The zero-order chi connectivity index (χ0) is 15.0. The summed E-state index contributed by atoms with van der Waals surface area (Å²) in [6, 6.07) is 0. The van der Waals surface area contributed by atoms with Crippen molar-refractivity contribution >= 4 is 10.0 Å². The monoisotopic (exact) mass is 312 g/mol. The van der Waals surface area contributed by atoms with Crippen molar-refractivity contribution in [1.82, 2.24) is 20.2 Å². The number of halogens is 3. The first kappa shape index (κ1) is 15.3. The van der Waals surface area contributed by atoms with Gasteiger partial charge in [0.25, 0.3) is 10.0 Å². The molecule has 1 fully saturated rings. The minimum Gasteiger partial charge on any atom is -0.313 e. The van der Waals surface area contributed by atoms with Crippen LogP contribution in [-0.2, 0) is 16.6 Å². The standard InChI is InChI=1S/C10H15F3N4O2S/c1-2-14-5-7-6-15-16-8(7)20(18,19)17-9(3-4-9)10(11,12)13/h6,14,17H,2-5H2,1H3,(H,15,16). The van der Waals surface area contributed by atoms with Gasteiger partial charge in [0.05, 0.1) is 6.20 Å². The van der Waals surface area contributed by atoms with E-state index in [1.165, 1.54) is 6.20 Å². The molecule has 3 N–H and O–H groups in total. The zero-order valence-electron chi connectivity index (χ0n) is 10.7. The van der Waals surface area contributed by atoms with Crippen LogP contribution >= 0.6 is 0 Å². The highest BCUT2D eigenvalue weighted by molar-refractivity contribution is 7.89. The fourth-order valence-electron chi connectivity index (χ4n) is 1.79. The van der Waals surface area contributed by atoms with E-state index in [9.17, 15) is 21.6 Å². The molecule has 1 saturated carbocycles. The summed E-state index contributed by atoms with van der Waals surface area (Å²) in [7, 11) is -4.28. The minimum absolute atomic E-state index is 0.211. The molecule has 0 atom stereocenters. The molecule has 0 amide bonds. The summed E-state index contributed by atoms with van der Waals surface area (Å²) in [6.45, 7) is 2.64. The van der Waals surface area contributed by atoms with Crippen LogP contribution in [0.25, 0.3) is 0 Å². The molecule has 0 radical (unpaired) electrons. The largest absolute Gasteiger partial charge is 0.407 e. The highest BCUT2D eigenvalue weighted by atomic mass is 32.2. The second kappa shape index (κ2) is 5.01. The summed E-state index contributed by atoms with van der Waals surface area (Å²) < 4.78 is 64.3. The van der Waals surface area contributed by atoms with Gasteiger partial charge in [0.2, 0.25) is 0 Å². The summed E-state index contributed by atoms with van der Waals surface area (Å²) in [6.07, 6.45) is -3.80. The number of sulfonamides is 1. The van der Waals surface area contributed by atoms with E-state index in [0.717, 1.165) is 0 Å². The Morgan fingerprint density at radius 1 is 1.45 bits per heavy atom. The van der Waals surface area contributed by atoms with Crippen LogP contribution in [0.1, 0.15) is 25.3 Å². The van der Waals surface area contributed by atoms with Crippen LogP contribution in [0.5, 0.6) is 0 Å². The maximum atomic E-state index is 12.8. The molecule has 20 heavy (non-hydrogen) atoms. The normalized spacial score (nSPS) is 18.2. The number of H-pyrrole nitrogens is 1. The lowest BCUT2D eigenvalue weighted by atomic mass is 10.3. The molecule has 1 aromatic rings. The average molecular weight is 312 g/mol. The van der Waals surface area contributed by atoms with E-state index in [1.807, 2.05) is 6.92 Å². The van der Waals surface area contributed by atoms with E-state index in [0.29, 0.717) is 12.1 Å². The Labute approximate surface area is 114 Å². The Morgan fingerprint density at radius 3 is 2.60 bits per heavy atom. The van der Waals surface area contributed by atoms with E-state index >= 15 is 0 Å². The summed E-state index contributed by atoms with van der Waals surface area (Å²) >= 11 is 0. The number of alkyl halides is 3. The number of aromatic nitrogens is 2. The molecule has 10 heteroatoms. The molecule has 0 aromatic carbocycles. The van der Waals surface area contributed by atoms with Gasteiger partial charge in [-0.15, -0.1) is 0 Å². The van der Waals surface area contributed by atoms with Crippen molar-refractivity contribution in [2.75, 3.05) is 6.54 Å². The molecule has 0 unspecified atom stereocenters. The Hall–Kier alpha value is -1.13. The molecule has 1 heterocycles. The third-order valence-corrected chi connectivity index (χ3v) is 4.69. The van der Waals surface area contributed by atoms with E-state index in [4.69, 9.17) is 0 Å².